The topological polar surface area (TPSA) is 64.7 Å². The molecule has 1 N–H and O–H groups in total. The summed E-state index contributed by atoms with van der Waals surface area (Å²) in [5.41, 5.74) is 4.06. The molecule has 0 aromatic carbocycles. The normalized spacial score (nSPS) is 10.8. The Hall–Kier alpha value is -2.11. The Balaban J connectivity index is 1.81. The molecule has 0 aliphatic rings. The van der Waals surface area contributed by atoms with E-state index < -0.39 is 0 Å². The van der Waals surface area contributed by atoms with Crippen molar-refractivity contribution in [2.24, 2.45) is 7.05 Å². The monoisotopic (exact) mass is 275 g/mol. The summed E-state index contributed by atoms with van der Waals surface area (Å²) < 4.78 is 3.62. The molecule has 2 aromatic rings. The second-order valence-electron chi connectivity index (χ2n) is 5.09. The van der Waals surface area contributed by atoms with Crippen LogP contribution in [0.2, 0.25) is 0 Å². The standard InChI is InChI=1S/C14H21N5O/c1-10-7-11(2)19(16-10)6-5-14(20)15-8-13-9-18(4)17-12(13)3/h7,9H,5-6,8H2,1-4H3,(H,15,20). The van der Waals surface area contributed by atoms with E-state index in [0.717, 1.165) is 22.6 Å². The first-order valence-electron chi connectivity index (χ1n) is 6.72. The van der Waals surface area contributed by atoms with Crippen LogP contribution in [0, 0.1) is 20.8 Å². The van der Waals surface area contributed by atoms with Gasteiger partial charge in [0.15, 0.2) is 0 Å². The summed E-state index contributed by atoms with van der Waals surface area (Å²) in [4.78, 5) is 11.8. The molecule has 2 aromatic heterocycles. The van der Waals surface area contributed by atoms with Crippen molar-refractivity contribution in [1.29, 1.82) is 0 Å². The van der Waals surface area contributed by atoms with E-state index in [9.17, 15) is 4.79 Å². The SMILES string of the molecule is Cc1cc(C)n(CCC(=O)NCc2cn(C)nc2C)n1. The summed E-state index contributed by atoms with van der Waals surface area (Å²) in [6.45, 7) is 7.02. The lowest BCUT2D eigenvalue weighted by atomic mass is 10.2. The third-order valence-corrected chi connectivity index (χ3v) is 3.25. The third kappa shape index (κ3) is 3.46. The molecule has 0 saturated heterocycles. The van der Waals surface area contributed by atoms with Gasteiger partial charge in [-0.15, -0.1) is 0 Å². The number of hydrogen-bond acceptors (Lipinski definition) is 3. The van der Waals surface area contributed by atoms with Gasteiger partial charge < -0.3 is 5.32 Å². The van der Waals surface area contributed by atoms with Crippen LogP contribution in [-0.4, -0.2) is 25.5 Å². The zero-order valence-electron chi connectivity index (χ0n) is 12.5. The smallest absolute Gasteiger partial charge is 0.222 e. The van der Waals surface area contributed by atoms with Gasteiger partial charge in [0.25, 0.3) is 0 Å². The molecule has 2 rings (SSSR count). The lowest BCUT2D eigenvalue weighted by molar-refractivity contribution is -0.121. The quantitative estimate of drug-likeness (QED) is 0.893. The summed E-state index contributed by atoms with van der Waals surface area (Å²) in [5, 5.41) is 11.5. The molecule has 6 heteroatoms. The lowest BCUT2D eigenvalue weighted by Gasteiger charge is -2.06. The number of nitrogens with zero attached hydrogens (tertiary/aromatic N) is 4. The molecular weight excluding hydrogens is 254 g/mol. The molecule has 0 bridgehead atoms. The van der Waals surface area contributed by atoms with Gasteiger partial charge in [-0.2, -0.15) is 10.2 Å². The Kier molecular flexibility index (Phi) is 4.22. The minimum atomic E-state index is 0.0285. The van der Waals surface area contributed by atoms with Gasteiger partial charge >= 0.3 is 0 Å². The highest BCUT2D eigenvalue weighted by Crippen LogP contribution is 2.05. The number of rotatable bonds is 5. The summed E-state index contributed by atoms with van der Waals surface area (Å²) >= 11 is 0. The average Bonchev–Trinajstić information content (AvgIpc) is 2.86. The second-order valence-corrected chi connectivity index (χ2v) is 5.09. The fourth-order valence-corrected chi connectivity index (χ4v) is 2.21. The van der Waals surface area contributed by atoms with Crippen LogP contribution in [0.1, 0.15) is 29.1 Å². The molecule has 0 radical (unpaired) electrons. The molecule has 0 aliphatic carbocycles. The molecule has 1 amide bonds. The Labute approximate surface area is 118 Å². The molecule has 0 spiro atoms. The van der Waals surface area contributed by atoms with E-state index in [1.807, 2.05) is 44.8 Å². The Morgan fingerprint density at radius 1 is 1.30 bits per heavy atom. The highest BCUT2D eigenvalue weighted by Gasteiger charge is 2.07. The van der Waals surface area contributed by atoms with Gasteiger partial charge in [-0.1, -0.05) is 0 Å². The van der Waals surface area contributed by atoms with Gasteiger partial charge in [0.2, 0.25) is 5.91 Å². The van der Waals surface area contributed by atoms with E-state index in [1.165, 1.54) is 0 Å². The maximum absolute atomic E-state index is 11.8. The van der Waals surface area contributed by atoms with Crippen molar-refractivity contribution in [1.82, 2.24) is 24.9 Å². The van der Waals surface area contributed by atoms with Crippen molar-refractivity contribution < 1.29 is 4.79 Å². The predicted octanol–water partition coefficient (Wildman–Crippen LogP) is 1.25. The molecule has 0 fully saturated rings. The maximum Gasteiger partial charge on any atom is 0.222 e. The van der Waals surface area contributed by atoms with Crippen LogP contribution in [0.3, 0.4) is 0 Å². The van der Waals surface area contributed by atoms with Crippen molar-refractivity contribution >= 4 is 5.91 Å². The molecule has 2 heterocycles. The van der Waals surface area contributed by atoms with Crippen LogP contribution in [0.4, 0.5) is 0 Å². The van der Waals surface area contributed by atoms with Crippen LogP contribution in [-0.2, 0) is 24.9 Å². The Bertz CT molecular complexity index is 559. The first-order chi connectivity index (χ1) is 9.45. The fraction of sp³-hybridized carbons (Fsp3) is 0.500. The molecule has 0 atom stereocenters. The molecule has 0 aliphatic heterocycles. The second kappa shape index (κ2) is 5.90. The average molecular weight is 275 g/mol. The molecule has 6 nitrogen and oxygen atoms in total. The first kappa shape index (κ1) is 14.3. The van der Waals surface area contributed by atoms with E-state index in [2.05, 4.69) is 15.5 Å². The van der Waals surface area contributed by atoms with Crippen LogP contribution in [0.25, 0.3) is 0 Å². The molecule has 20 heavy (non-hydrogen) atoms. The van der Waals surface area contributed by atoms with E-state index >= 15 is 0 Å². The number of aryl methyl sites for hydroxylation is 5. The molecule has 0 unspecified atom stereocenters. The van der Waals surface area contributed by atoms with Gasteiger partial charge in [-0.3, -0.25) is 14.2 Å². The van der Waals surface area contributed by atoms with Crippen LogP contribution in [0.5, 0.6) is 0 Å². The molecule has 0 saturated carbocycles. The maximum atomic E-state index is 11.8. The minimum absolute atomic E-state index is 0.0285. The van der Waals surface area contributed by atoms with E-state index in [4.69, 9.17) is 0 Å². The minimum Gasteiger partial charge on any atom is -0.352 e. The van der Waals surface area contributed by atoms with Crippen molar-refractivity contribution in [2.45, 2.75) is 40.3 Å². The summed E-state index contributed by atoms with van der Waals surface area (Å²) in [6.07, 6.45) is 2.36. The lowest BCUT2D eigenvalue weighted by Crippen LogP contribution is -2.24. The Morgan fingerprint density at radius 2 is 2.05 bits per heavy atom. The van der Waals surface area contributed by atoms with Crippen molar-refractivity contribution in [3.63, 3.8) is 0 Å². The van der Waals surface area contributed by atoms with Gasteiger partial charge in [0, 0.05) is 44.0 Å². The number of carbonyl (C=O) groups excluding carboxylic acids is 1. The fourth-order valence-electron chi connectivity index (χ4n) is 2.21. The Morgan fingerprint density at radius 3 is 2.60 bits per heavy atom. The summed E-state index contributed by atoms with van der Waals surface area (Å²) in [6, 6.07) is 2.01. The number of nitrogens with one attached hydrogen (secondary N) is 1. The molecule has 108 valence electrons. The van der Waals surface area contributed by atoms with E-state index in [0.29, 0.717) is 19.5 Å². The van der Waals surface area contributed by atoms with E-state index in [1.54, 1.807) is 4.68 Å². The van der Waals surface area contributed by atoms with Crippen molar-refractivity contribution in [2.75, 3.05) is 0 Å². The zero-order valence-corrected chi connectivity index (χ0v) is 12.5. The van der Waals surface area contributed by atoms with Crippen LogP contribution >= 0.6 is 0 Å². The van der Waals surface area contributed by atoms with Crippen LogP contribution in [0.15, 0.2) is 12.3 Å². The molecular formula is C14H21N5O. The van der Waals surface area contributed by atoms with Gasteiger partial charge in [-0.25, -0.2) is 0 Å². The zero-order chi connectivity index (χ0) is 14.7. The number of carbonyl (C=O) groups is 1. The first-order valence-corrected chi connectivity index (χ1v) is 6.72. The van der Waals surface area contributed by atoms with Crippen LogP contribution < -0.4 is 5.32 Å². The van der Waals surface area contributed by atoms with Gasteiger partial charge in [0.1, 0.15) is 0 Å². The number of hydrogen-bond donors (Lipinski definition) is 1. The van der Waals surface area contributed by atoms with Gasteiger partial charge in [-0.05, 0) is 26.8 Å². The third-order valence-electron chi connectivity index (χ3n) is 3.25. The van der Waals surface area contributed by atoms with Gasteiger partial charge in [0.05, 0.1) is 11.4 Å². The van der Waals surface area contributed by atoms with E-state index in [-0.39, 0.29) is 5.91 Å². The summed E-state index contributed by atoms with van der Waals surface area (Å²) in [7, 11) is 1.88. The largest absolute Gasteiger partial charge is 0.352 e. The van der Waals surface area contributed by atoms with Crippen molar-refractivity contribution in [3.8, 4) is 0 Å². The number of aromatic nitrogens is 4. The highest BCUT2D eigenvalue weighted by molar-refractivity contribution is 5.75. The highest BCUT2D eigenvalue weighted by atomic mass is 16.1. The van der Waals surface area contributed by atoms with Crippen molar-refractivity contribution in [3.05, 3.63) is 34.9 Å². The summed E-state index contributed by atoms with van der Waals surface area (Å²) in [5.74, 6) is 0.0285. The number of amides is 1. The predicted molar refractivity (Wildman–Crippen MR) is 76.1 cm³/mol.